The molecule has 11 nitrogen and oxygen atoms in total. The van der Waals surface area contributed by atoms with Crippen LogP contribution in [0.15, 0.2) is 30.5 Å². The van der Waals surface area contributed by atoms with Crippen LogP contribution in [0.2, 0.25) is 0 Å². The van der Waals surface area contributed by atoms with E-state index in [2.05, 4.69) is 15.6 Å². The van der Waals surface area contributed by atoms with Gasteiger partial charge in [0.25, 0.3) is 0 Å². The minimum absolute atomic E-state index is 0.0322. The van der Waals surface area contributed by atoms with Crippen molar-refractivity contribution >= 4 is 34.6 Å². The summed E-state index contributed by atoms with van der Waals surface area (Å²) in [5.41, 5.74) is 12.1. The SMILES string of the molecule is CC(O)C(N)C(=O)NC(CC(N)=O)C(=O)NC(Cc1c[nH]c2ccccc12)C(=O)O. The third-order valence-corrected chi connectivity index (χ3v) is 4.57. The van der Waals surface area contributed by atoms with Crippen molar-refractivity contribution in [1.82, 2.24) is 15.6 Å². The van der Waals surface area contributed by atoms with Crippen LogP contribution in [0, 0.1) is 0 Å². The molecule has 0 radical (unpaired) electrons. The van der Waals surface area contributed by atoms with Crippen molar-refractivity contribution in [2.75, 3.05) is 0 Å². The van der Waals surface area contributed by atoms with Gasteiger partial charge < -0.3 is 37.3 Å². The Labute approximate surface area is 171 Å². The van der Waals surface area contributed by atoms with Gasteiger partial charge in [-0.1, -0.05) is 18.2 Å². The zero-order chi connectivity index (χ0) is 22.4. The Hall–Kier alpha value is -3.44. The van der Waals surface area contributed by atoms with Crippen molar-refractivity contribution in [2.45, 2.75) is 44.0 Å². The van der Waals surface area contributed by atoms with Gasteiger partial charge in [0.1, 0.15) is 18.1 Å². The second-order valence-electron chi connectivity index (χ2n) is 6.96. The Morgan fingerprint density at radius 1 is 1.10 bits per heavy atom. The van der Waals surface area contributed by atoms with Gasteiger partial charge in [-0.25, -0.2) is 4.79 Å². The molecular weight excluding hydrogens is 394 g/mol. The maximum atomic E-state index is 12.6. The lowest BCUT2D eigenvalue weighted by Crippen LogP contribution is -2.57. The highest BCUT2D eigenvalue weighted by atomic mass is 16.4. The number of aromatic amines is 1. The Morgan fingerprint density at radius 2 is 1.73 bits per heavy atom. The first-order valence-electron chi connectivity index (χ1n) is 9.20. The number of carboxylic acids is 1. The number of primary amides is 1. The van der Waals surface area contributed by atoms with E-state index in [1.807, 2.05) is 18.2 Å². The molecule has 162 valence electrons. The Balaban J connectivity index is 2.16. The zero-order valence-corrected chi connectivity index (χ0v) is 16.3. The van der Waals surface area contributed by atoms with Gasteiger partial charge >= 0.3 is 5.97 Å². The number of benzene rings is 1. The molecule has 0 fully saturated rings. The fourth-order valence-corrected chi connectivity index (χ4v) is 2.89. The van der Waals surface area contributed by atoms with Gasteiger partial charge in [0.2, 0.25) is 17.7 Å². The maximum absolute atomic E-state index is 12.6. The lowest BCUT2D eigenvalue weighted by atomic mass is 10.0. The van der Waals surface area contributed by atoms with Crippen LogP contribution >= 0.6 is 0 Å². The van der Waals surface area contributed by atoms with Crippen LogP contribution < -0.4 is 22.1 Å². The Morgan fingerprint density at radius 3 is 2.33 bits per heavy atom. The number of carboxylic acid groups (broad SMARTS) is 1. The average Bonchev–Trinajstić information content (AvgIpc) is 3.08. The van der Waals surface area contributed by atoms with Gasteiger partial charge in [-0.3, -0.25) is 14.4 Å². The van der Waals surface area contributed by atoms with E-state index in [-0.39, 0.29) is 6.42 Å². The van der Waals surface area contributed by atoms with E-state index in [0.29, 0.717) is 5.56 Å². The highest BCUT2D eigenvalue weighted by molar-refractivity contribution is 5.95. The molecule has 1 heterocycles. The standard InChI is InChI=1S/C19H25N5O6/c1-9(25)16(21)18(28)23-13(7-15(20)26)17(27)24-14(19(29)30)6-10-8-22-12-5-3-2-4-11(10)12/h2-5,8-9,13-14,16,22,25H,6-7,21H2,1H3,(H2,20,26)(H,23,28)(H,24,27)(H,29,30). The highest BCUT2D eigenvalue weighted by Gasteiger charge is 2.30. The number of aliphatic hydroxyl groups excluding tert-OH is 1. The number of aliphatic carboxylic acids is 1. The summed E-state index contributed by atoms with van der Waals surface area (Å²) in [5, 5.41) is 24.3. The summed E-state index contributed by atoms with van der Waals surface area (Å²) in [6, 6.07) is 3.17. The number of para-hydroxylation sites is 1. The van der Waals surface area contributed by atoms with Crippen molar-refractivity contribution in [1.29, 1.82) is 0 Å². The van der Waals surface area contributed by atoms with Crippen LogP contribution in [-0.2, 0) is 25.6 Å². The van der Waals surface area contributed by atoms with Crippen LogP contribution in [0.1, 0.15) is 18.9 Å². The fraction of sp³-hybridized carbons (Fsp3) is 0.368. The molecule has 0 saturated heterocycles. The van der Waals surface area contributed by atoms with E-state index in [1.165, 1.54) is 6.92 Å². The van der Waals surface area contributed by atoms with Gasteiger partial charge in [-0.15, -0.1) is 0 Å². The number of fused-ring (bicyclic) bond motifs is 1. The second kappa shape index (κ2) is 9.85. The quantitative estimate of drug-likeness (QED) is 0.239. The number of nitrogens with one attached hydrogen (secondary N) is 3. The molecule has 3 amide bonds. The normalized spacial score (nSPS) is 15.0. The van der Waals surface area contributed by atoms with E-state index in [1.54, 1.807) is 12.3 Å². The van der Waals surface area contributed by atoms with Crippen LogP contribution in [0.25, 0.3) is 10.9 Å². The largest absolute Gasteiger partial charge is 0.480 e. The molecule has 1 aromatic heterocycles. The topological polar surface area (TPSA) is 201 Å². The van der Waals surface area contributed by atoms with Gasteiger partial charge in [0.05, 0.1) is 12.5 Å². The minimum atomic E-state index is -1.44. The molecule has 0 aliphatic rings. The van der Waals surface area contributed by atoms with Crippen molar-refractivity contribution in [3.8, 4) is 0 Å². The molecule has 4 unspecified atom stereocenters. The number of hydrogen-bond donors (Lipinski definition) is 7. The second-order valence-corrected chi connectivity index (χ2v) is 6.96. The number of aliphatic hydroxyl groups is 1. The lowest BCUT2D eigenvalue weighted by Gasteiger charge is -2.22. The summed E-state index contributed by atoms with van der Waals surface area (Å²) >= 11 is 0. The van der Waals surface area contributed by atoms with Gasteiger partial charge in [0, 0.05) is 23.5 Å². The number of amides is 3. The zero-order valence-electron chi connectivity index (χ0n) is 16.3. The van der Waals surface area contributed by atoms with Gasteiger partial charge in [-0.2, -0.15) is 0 Å². The van der Waals surface area contributed by atoms with Crippen LogP contribution in [0.4, 0.5) is 0 Å². The summed E-state index contributed by atoms with van der Waals surface area (Å²) in [6.07, 6.45) is -0.147. The molecule has 1 aromatic carbocycles. The molecule has 2 aromatic rings. The van der Waals surface area contributed by atoms with Crippen molar-refractivity contribution in [2.24, 2.45) is 11.5 Å². The third-order valence-electron chi connectivity index (χ3n) is 4.57. The van der Waals surface area contributed by atoms with E-state index in [4.69, 9.17) is 11.5 Å². The van der Waals surface area contributed by atoms with Crippen LogP contribution in [0.5, 0.6) is 0 Å². The first kappa shape index (κ1) is 22.8. The summed E-state index contributed by atoms with van der Waals surface area (Å²) < 4.78 is 0. The summed E-state index contributed by atoms with van der Waals surface area (Å²) in [7, 11) is 0. The molecule has 0 saturated carbocycles. The molecule has 0 aliphatic heterocycles. The number of rotatable bonds is 10. The van der Waals surface area contributed by atoms with E-state index in [9.17, 15) is 29.4 Å². The number of aromatic nitrogens is 1. The van der Waals surface area contributed by atoms with E-state index in [0.717, 1.165) is 10.9 Å². The van der Waals surface area contributed by atoms with Crippen molar-refractivity contribution in [3.05, 3.63) is 36.0 Å². The van der Waals surface area contributed by atoms with E-state index < -0.39 is 54.3 Å². The number of carbonyl (C=O) groups excluding carboxylic acids is 3. The smallest absolute Gasteiger partial charge is 0.326 e. The minimum Gasteiger partial charge on any atom is -0.480 e. The highest BCUT2D eigenvalue weighted by Crippen LogP contribution is 2.19. The molecule has 0 spiro atoms. The fourth-order valence-electron chi connectivity index (χ4n) is 2.89. The molecule has 30 heavy (non-hydrogen) atoms. The molecule has 11 heteroatoms. The Kier molecular flexibility index (Phi) is 7.50. The van der Waals surface area contributed by atoms with Gasteiger partial charge in [0.15, 0.2) is 0 Å². The third kappa shape index (κ3) is 5.78. The predicted octanol–water partition coefficient (Wildman–Crippen LogP) is -1.65. The first-order valence-corrected chi connectivity index (χ1v) is 9.20. The monoisotopic (exact) mass is 419 g/mol. The molecule has 9 N–H and O–H groups in total. The molecular formula is C19H25N5O6. The molecule has 2 rings (SSSR count). The summed E-state index contributed by atoms with van der Waals surface area (Å²) in [4.78, 5) is 50.7. The van der Waals surface area contributed by atoms with E-state index >= 15 is 0 Å². The average molecular weight is 419 g/mol. The van der Waals surface area contributed by atoms with Crippen molar-refractivity contribution in [3.63, 3.8) is 0 Å². The van der Waals surface area contributed by atoms with Gasteiger partial charge in [-0.05, 0) is 18.6 Å². The summed E-state index contributed by atoms with van der Waals surface area (Å²) in [5.74, 6) is -3.97. The number of nitrogens with two attached hydrogens (primary N) is 2. The first-order chi connectivity index (χ1) is 14.1. The molecule has 0 bridgehead atoms. The molecule has 4 atom stereocenters. The number of hydrogen-bond acceptors (Lipinski definition) is 6. The predicted molar refractivity (Wildman–Crippen MR) is 107 cm³/mol. The summed E-state index contributed by atoms with van der Waals surface area (Å²) in [6.45, 7) is 1.29. The maximum Gasteiger partial charge on any atom is 0.326 e. The lowest BCUT2D eigenvalue weighted by molar-refractivity contribution is -0.142. The Bertz CT molecular complexity index is 940. The van der Waals surface area contributed by atoms with Crippen molar-refractivity contribution < 1.29 is 29.4 Å². The number of H-pyrrole nitrogens is 1. The number of carbonyl (C=O) groups is 4. The van der Waals surface area contributed by atoms with Crippen LogP contribution in [0.3, 0.4) is 0 Å². The van der Waals surface area contributed by atoms with Crippen LogP contribution in [-0.4, -0.2) is 63.1 Å². The molecule has 0 aliphatic carbocycles.